The summed E-state index contributed by atoms with van der Waals surface area (Å²) in [6, 6.07) is 33.1. The highest BCUT2D eigenvalue weighted by molar-refractivity contribution is 6.59. The van der Waals surface area contributed by atoms with E-state index in [0.717, 1.165) is 4.90 Å². The monoisotopic (exact) mass is 825 g/mol. The van der Waals surface area contributed by atoms with Gasteiger partial charge in [-0.2, -0.15) is 5.10 Å². The molecule has 6 aromatic rings. The van der Waals surface area contributed by atoms with Crippen LogP contribution >= 0.6 is 11.6 Å². The van der Waals surface area contributed by atoms with Crippen LogP contribution < -0.4 is 25.7 Å². The molecule has 14 heteroatoms. The minimum absolute atomic E-state index is 0.0349. The van der Waals surface area contributed by atoms with Crippen molar-refractivity contribution < 1.29 is 38.3 Å². The van der Waals surface area contributed by atoms with Crippen molar-refractivity contribution in [2.75, 3.05) is 28.1 Å². The molecule has 0 bridgehead atoms. The number of hydrogen-bond donors (Lipinski definition) is 3. The topological polar surface area (TPSA) is 180 Å². The molecular formula is C47H28ClN5O8. The number of halogens is 1. The number of nitrogens with zero attached hydrogens (tertiary/aromatic N) is 2. The van der Waals surface area contributed by atoms with Gasteiger partial charge in [0.05, 0.1) is 40.7 Å². The molecule has 2 aliphatic carbocycles. The van der Waals surface area contributed by atoms with Crippen LogP contribution in [0.2, 0.25) is 5.02 Å². The van der Waals surface area contributed by atoms with Gasteiger partial charge in [-0.25, -0.2) is 4.90 Å². The highest BCUT2D eigenvalue weighted by atomic mass is 35.5. The number of carbonyl (C=O) groups excluding carboxylic acids is 7. The minimum atomic E-state index is -0.722. The molecule has 1 aliphatic heterocycles. The van der Waals surface area contributed by atoms with Crippen molar-refractivity contribution in [3.8, 4) is 5.75 Å². The second-order valence-corrected chi connectivity index (χ2v) is 14.4. The molecule has 0 saturated carbocycles. The van der Waals surface area contributed by atoms with E-state index in [1.165, 1.54) is 61.7 Å². The van der Waals surface area contributed by atoms with E-state index in [-0.39, 0.29) is 73.4 Å². The van der Waals surface area contributed by atoms with Gasteiger partial charge < -0.3 is 15.4 Å². The third kappa shape index (κ3) is 6.64. The minimum Gasteiger partial charge on any atom is -0.495 e. The average molecular weight is 826 g/mol. The second kappa shape index (κ2) is 15.1. The molecule has 9 rings (SSSR count). The number of hydrazone groups is 1. The van der Waals surface area contributed by atoms with Crippen LogP contribution in [0.1, 0.15) is 74.0 Å². The first-order valence-electron chi connectivity index (χ1n) is 18.6. The molecule has 3 aliphatic rings. The third-order valence-electron chi connectivity index (χ3n) is 10.4. The lowest BCUT2D eigenvalue weighted by molar-refractivity contribution is -0.116. The number of ether oxygens (including phenoxy) is 1. The molecule has 296 valence electrons. The van der Waals surface area contributed by atoms with E-state index < -0.39 is 29.4 Å². The van der Waals surface area contributed by atoms with E-state index in [0.29, 0.717) is 33.1 Å². The maximum atomic E-state index is 13.9. The molecule has 0 unspecified atom stereocenters. The Kier molecular flexibility index (Phi) is 9.49. The molecule has 13 nitrogen and oxygen atoms in total. The molecule has 1 heterocycles. The SMILES string of the molecule is COc1ccc(Cl)cc1N1C(=O)c2ccc(C(=O)Nc3ccc(NC(=O)C4=Cc5ccccc5/C(=N\Nc5cccc6c5C(=O)c5ccccc5C6=O)C4=O)cc3)cc2C1=O. The summed E-state index contributed by atoms with van der Waals surface area (Å²) in [7, 11) is 1.40. The summed E-state index contributed by atoms with van der Waals surface area (Å²) >= 11 is 6.15. The largest absolute Gasteiger partial charge is 0.495 e. The number of amides is 4. The number of ketones is 3. The Hall–Kier alpha value is -8.29. The zero-order valence-electron chi connectivity index (χ0n) is 31.7. The van der Waals surface area contributed by atoms with Gasteiger partial charge in [0.15, 0.2) is 11.6 Å². The van der Waals surface area contributed by atoms with Crippen molar-refractivity contribution in [2.24, 2.45) is 5.10 Å². The molecule has 4 amide bonds. The van der Waals surface area contributed by atoms with Gasteiger partial charge in [-0.1, -0.05) is 72.3 Å². The average Bonchev–Trinajstić information content (AvgIpc) is 3.53. The summed E-state index contributed by atoms with van der Waals surface area (Å²) in [5, 5.41) is 10.2. The quantitative estimate of drug-likeness (QED) is 0.0790. The van der Waals surface area contributed by atoms with Crippen LogP contribution in [0, 0.1) is 0 Å². The van der Waals surface area contributed by atoms with E-state index in [4.69, 9.17) is 16.3 Å². The van der Waals surface area contributed by atoms with Gasteiger partial charge in [0.1, 0.15) is 11.5 Å². The lowest BCUT2D eigenvalue weighted by Crippen LogP contribution is -2.30. The highest BCUT2D eigenvalue weighted by Gasteiger charge is 2.39. The van der Waals surface area contributed by atoms with Crippen LogP contribution in [0.15, 0.2) is 138 Å². The van der Waals surface area contributed by atoms with E-state index in [2.05, 4.69) is 21.2 Å². The first-order chi connectivity index (χ1) is 29.5. The summed E-state index contributed by atoms with van der Waals surface area (Å²) in [6.07, 6.45) is 1.46. The predicted octanol–water partition coefficient (Wildman–Crippen LogP) is 7.60. The van der Waals surface area contributed by atoms with Crippen LogP contribution in [0.4, 0.5) is 22.7 Å². The van der Waals surface area contributed by atoms with Gasteiger partial charge >= 0.3 is 0 Å². The summed E-state index contributed by atoms with van der Waals surface area (Å²) < 4.78 is 5.34. The summed E-state index contributed by atoms with van der Waals surface area (Å²) in [5.74, 6) is -3.61. The van der Waals surface area contributed by atoms with Gasteiger partial charge in [0, 0.05) is 44.2 Å². The van der Waals surface area contributed by atoms with Gasteiger partial charge in [0.25, 0.3) is 23.6 Å². The number of benzene rings is 6. The third-order valence-corrected chi connectivity index (χ3v) is 10.6. The number of imide groups is 1. The molecule has 0 radical (unpaired) electrons. The zero-order valence-corrected chi connectivity index (χ0v) is 32.5. The van der Waals surface area contributed by atoms with E-state index in [1.807, 2.05) is 0 Å². The van der Waals surface area contributed by atoms with Crippen molar-refractivity contribution in [1.82, 2.24) is 0 Å². The van der Waals surface area contributed by atoms with Crippen molar-refractivity contribution in [3.63, 3.8) is 0 Å². The zero-order chi connectivity index (χ0) is 42.5. The number of nitrogens with one attached hydrogen (secondary N) is 3. The molecular weight excluding hydrogens is 798 g/mol. The van der Waals surface area contributed by atoms with Crippen molar-refractivity contribution in [1.29, 1.82) is 0 Å². The van der Waals surface area contributed by atoms with Crippen molar-refractivity contribution in [2.45, 2.75) is 0 Å². The van der Waals surface area contributed by atoms with Crippen molar-refractivity contribution in [3.05, 3.63) is 188 Å². The molecule has 6 aromatic carbocycles. The molecule has 0 fully saturated rings. The number of hydrogen-bond acceptors (Lipinski definition) is 10. The maximum Gasteiger partial charge on any atom is 0.266 e. The smallest absolute Gasteiger partial charge is 0.266 e. The number of Topliss-reactive ketones (excluding diaryl/α,β-unsaturated/α-hetero) is 1. The fourth-order valence-electron chi connectivity index (χ4n) is 7.42. The normalized spacial score (nSPS) is 14.5. The van der Waals surface area contributed by atoms with E-state index in [9.17, 15) is 33.6 Å². The molecule has 0 aromatic heterocycles. The Morgan fingerprint density at radius 1 is 0.607 bits per heavy atom. The van der Waals surface area contributed by atoms with Gasteiger partial charge in [0.2, 0.25) is 5.78 Å². The van der Waals surface area contributed by atoms with Gasteiger partial charge in [-0.15, -0.1) is 0 Å². The van der Waals surface area contributed by atoms with Crippen LogP contribution in [-0.4, -0.2) is 53.8 Å². The first-order valence-corrected chi connectivity index (χ1v) is 19.0. The van der Waals surface area contributed by atoms with E-state index >= 15 is 0 Å². The summed E-state index contributed by atoms with van der Waals surface area (Å²) in [4.78, 5) is 95.4. The van der Waals surface area contributed by atoms with Crippen LogP contribution in [0.5, 0.6) is 5.75 Å². The fourth-order valence-corrected chi connectivity index (χ4v) is 7.59. The number of methoxy groups -OCH3 is 1. The Bertz CT molecular complexity index is 3050. The molecule has 61 heavy (non-hydrogen) atoms. The number of rotatable bonds is 8. The first kappa shape index (κ1) is 38.2. The predicted molar refractivity (Wildman–Crippen MR) is 228 cm³/mol. The van der Waals surface area contributed by atoms with Crippen LogP contribution in [-0.2, 0) is 9.59 Å². The number of anilines is 4. The summed E-state index contributed by atoms with van der Waals surface area (Å²) in [6.45, 7) is 0. The maximum absolute atomic E-state index is 13.9. The Morgan fingerprint density at radius 3 is 1.97 bits per heavy atom. The second-order valence-electron chi connectivity index (χ2n) is 14.0. The Balaban J connectivity index is 0.900. The van der Waals surface area contributed by atoms with E-state index in [1.54, 1.807) is 78.9 Å². The lowest BCUT2D eigenvalue weighted by atomic mass is 9.83. The highest BCUT2D eigenvalue weighted by Crippen LogP contribution is 2.37. The molecule has 3 N–H and O–H groups in total. The van der Waals surface area contributed by atoms with Gasteiger partial charge in [-0.05, 0) is 78.4 Å². The van der Waals surface area contributed by atoms with Gasteiger partial charge in [-0.3, -0.25) is 39.0 Å². The van der Waals surface area contributed by atoms with Crippen molar-refractivity contribution >= 4 is 87.1 Å². The fraction of sp³-hybridized carbons (Fsp3) is 0.0213. The molecule has 0 atom stereocenters. The Morgan fingerprint density at radius 2 is 1.25 bits per heavy atom. The number of fused-ring (bicyclic) bond motifs is 4. The Labute approximate surface area is 351 Å². The number of carbonyl (C=O) groups is 7. The van der Waals surface area contributed by atoms with Crippen LogP contribution in [0.3, 0.4) is 0 Å². The van der Waals surface area contributed by atoms with Crippen LogP contribution in [0.25, 0.3) is 6.08 Å². The lowest BCUT2D eigenvalue weighted by Gasteiger charge is -2.20. The molecule has 0 saturated heterocycles. The standard InChI is InChI=1S/C47H28ClN5O8/c1-61-38-20-14-26(48)23-37(38)53-46(59)32-19-13-25(22-34(32)47(53)60)44(57)49-27-15-17-28(18-16-27)50-45(58)35-21-24-7-2-3-8-29(24)40(43(35)56)52-51-36-12-6-11-33-39(36)42(55)31-10-5-4-9-30(31)41(33)54/h2-23,51H,1H3,(H,49,57)(H,50,58)/b52-40+. The summed E-state index contributed by atoms with van der Waals surface area (Å²) in [5.41, 5.74) is 5.76. The molecule has 0 spiro atoms.